The van der Waals surface area contributed by atoms with E-state index >= 15 is 0 Å². The van der Waals surface area contributed by atoms with Gasteiger partial charge in [-0.1, -0.05) is 0 Å². The number of nitrogen functional groups attached to an aromatic ring is 1. The van der Waals surface area contributed by atoms with E-state index in [1.165, 1.54) is 5.56 Å². The third-order valence-corrected chi connectivity index (χ3v) is 3.72. The zero-order valence-electron chi connectivity index (χ0n) is 12.1. The second kappa shape index (κ2) is 5.83. The number of nitrogens with two attached hydrogens (primary N) is 1. The summed E-state index contributed by atoms with van der Waals surface area (Å²) >= 11 is 0. The summed E-state index contributed by atoms with van der Waals surface area (Å²) in [4.78, 5) is 4.14. The van der Waals surface area contributed by atoms with Crippen molar-refractivity contribution in [2.75, 3.05) is 17.6 Å². The number of hydrogen-bond donors (Lipinski definition) is 3. The molecular formula is C16H19N5. The highest BCUT2D eigenvalue weighted by Crippen LogP contribution is 2.27. The van der Waals surface area contributed by atoms with E-state index < -0.39 is 0 Å². The van der Waals surface area contributed by atoms with Crippen molar-refractivity contribution in [1.29, 1.82) is 0 Å². The summed E-state index contributed by atoms with van der Waals surface area (Å²) < 4.78 is 0. The van der Waals surface area contributed by atoms with Crippen molar-refractivity contribution in [3.63, 3.8) is 0 Å². The van der Waals surface area contributed by atoms with Gasteiger partial charge in [-0.2, -0.15) is 5.10 Å². The number of aromatic amines is 1. The van der Waals surface area contributed by atoms with Crippen LogP contribution in [0.2, 0.25) is 0 Å². The number of aromatic nitrogens is 3. The molecule has 0 amide bonds. The molecule has 5 heteroatoms. The lowest BCUT2D eigenvalue weighted by Gasteiger charge is -2.11. The van der Waals surface area contributed by atoms with Crippen LogP contribution in [0.5, 0.6) is 0 Å². The Morgan fingerprint density at radius 3 is 2.90 bits per heavy atom. The van der Waals surface area contributed by atoms with Crippen molar-refractivity contribution < 1.29 is 0 Å². The standard InChI is InChI=1S/C16H19N5/c1-11-12(9-20-21-11)3-2-7-19-16-5-4-15(17)14-10-18-8-6-13(14)16/h4-6,8-10,19H,2-3,7,17H2,1H3,(H,20,21). The Bertz CT molecular complexity index is 747. The van der Waals surface area contributed by atoms with E-state index in [-0.39, 0.29) is 0 Å². The number of aryl methyl sites for hydroxylation is 2. The number of nitrogens with one attached hydrogen (secondary N) is 2. The normalized spacial score (nSPS) is 10.9. The largest absolute Gasteiger partial charge is 0.398 e. The fourth-order valence-electron chi connectivity index (χ4n) is 2.50. The van der Waals surface area contributed by atoms with E-state index in [9.17, 15) is 0 Å². The van der Waals surface area contributed by atoms with Crippen molar-refractivity contribution in [3.05, 3.63) is 48.0 Å². The van der Waals surface area contributed by atoms with Crippen molar-refractivity contribution in [2.24, 2.45) is 0 Å². The molecule has 3 rings (SSSR count). The van der Waals surface area contributed by atoms with Crippen LogP contribution in [0.1, 0.15) is 17.7 Å². The molecule has 0 aliphatic rings. The summed E-state index contributed by atoms with van der Waals surface area (Å²) in [6.45, 7) is 2.96. The van der Waals surface area contributed by atoms with Gasteiger partial charge in [0.05, 0.1) is 6.20 Å². The molecule has 0 atom stereocenters. The lowest BCUT2D eigenvalue weighted by Crippen LogP contribution is -2.04. The van der Waals surface area contributed by atoms with Crippen LogP contribution in [0, 0.1) is 6.92 Å². The van der Waals surface area contributed by atoms with Gasteiger partial charge in [-0.05, 0) is 43.5 Å². The second-order valence-electron chi connectivity index (χ2n) is 5.17. The maximum absolute atomic E-state index is 5.98. The minimum atomic E-state index is 0.762. The van der Waals surface area contributed by atoms with E-state index in [0.29, 0.717) is 0 Å². The number of benzene rings is 1. The van der Waals surface area contributed by atoms with Crippen LogP contribution in [-0.2, 0) is 6.42 Å². The van der Waals surface area contributed by atoms with Crippen molar-refractivity contribution in [1.82, 2.24) is 15.2 Å². The average Bonchev–Trinajstić information content (AvgIpc) is 2.91. The molecule has 0 unspecified atom stereocenters. The minimum Gasteiger partial charge on any atom is -0.398 e. The van der Waals surface area contributed by atoms with E-state index in [0.717, 1.165) is 47.2 Å². The molecule has 21 heavy (non-hydrogen) atoms. The number of anilines is 2. The first-order valence-electron chi connectivity index (χ1n) is 7.10. The van der Waals surface area contributed by atoms with Crippen LogP contribution in [0.4, 0.5) is 11.4 Å². The summed E-state index contributed by atoms with van der Waals surface area (Å²) in [5, 5.41) is 12.6. The van der Waals surface area contributed by atoms with Crippen molar-refractivity contribution in [2.45, 2.75) is 19.8 Å². The molecule has 0 saturated carbocycles. The van der Waals surface area contributed by atoms with Gasteiger partial charge in [0.1, 0.15) is 0 Å². The van der Waals surface area contributed by atoms with Gasteiger partial charge in [0.2, 0.25) is 0 Å². The van der Waals surface area contributed by atoms with E-state index in [1.54, 1.807) is 6.20 Å². The Balaban J connectivity index is 1.66. The first-order valence-corrected chi connectivity index (χ1v) is 7.10. The second-order valence-corrected chi connectivity index (χ2v) is 5.17. The van der Waals surface area contributed by atoms with Gasteiger partial charge in [0, 0.05) is 46.8 Å². The van der Waals surface area contributed by atoms with E-state index in [2.05, 4.69) is 27.4 Å². The molecule has 5 nitrogen and oxygen atoms in total. The SMILES string of the molecule is Cc1[nH]ncc1CCCNc1ccc(N)c2cnccc12. The third kappa shape index (κ3) is 2.81. The molecule has 0 aliphatic carbocycles. The van der Waals surface area contributed by atoms with Gasteiger partial charge in [0.25, 0.3) is 0 Å². The Hall–Kier alpha value is -2.56. The molecule has 3 aromatic rings. The van der Waals surface area contributed by atoms with Crippen LogP contribution in [0.3, 0.4) is 0 Å². The zero-order valence-corrected chi connectivity index (χ0v) is 12.1. The van der Waals surface area contributed by atoms with Gasteiger partial charge in [-0.3, -0.25) is 10.1 Å². The number of pyridine rings is 1. The molecule has 0 aliphatic heterocycles. The number of fused-ring (bicyclic) bond motifs is 1. The fraction of sp³-hybridized carbons (Fsp3) is 0.250. The maximum Gasteiger partial charge on any atom is 0.0522 e. The van der Waals surface area contributed by atoms with Gasteiger partial charge in [0.15, 0.2) is 0 Å². The van der Waals surface area contributed by atoms with Crippen LogP contribution in [0.15, 0.2) is 36.8 Å². The average molecular weight is 281 g/mol. The summed E-state index contributed by atoms with van der Waals surface area (Å²) in [6, 6.07) is 5.95. The van der Waals surface area contributed by atoms with Crippen molar-refractivity contribution in [3.8, 4) is 0 Å². The number of H-pyrrole nitrogens is 1. The van der Waals surface area contributed by atoms with Crippen molar-refractivity contribution >= 4 is 22.1 Å². The number of nitrogens with zero attached hydrogens (tertiary/aromatic N) is 2. The van der Waals surface area contributed by atoms with Crippen LogP contribution in [0.25, 0.3) is 10.8 Å². The summed E-state index contributed by atoms with van der Waals surface area (Å²) in [6.07, 6.45) is 7.58. The molecule has 0 radical (unpaired) electrons. The van der Waals surface area contributed by atoms with Crippen LogP contribution in [-0.4, -0.2) is 21.7 Å². The van der Waals surface area contributed by atoms with Crippen LogP contribution >= 0.6 is 0 Å². The molecule has 0 bridgehead atoms. The summed E-state index contributed by atoms with van der Waals surface area (Å²) in [5.74, 6) is 0. The Labute approximate surface area is 123 Å². The first kappa shape index (κ1) is 13.4. The maximum atomic E-state index is 5.98. The van der Waals surface area contributed by atoms with Gasteiger partial charge < -0.3 is 11.1 Å². The highest BCUT2D eigenvalue weighted by atomic mass is 15.1. The lowest BCUT2D eigenvalue weighted by molar-refractivity contribution is 0.858. The highest BCUT2D eigenvalue weighted by molar-refractivity contribution is 6.00. The van der Waals surface area contributed by atoms with Gasteiger partial charge in [-0.15, -0.1) is 0 Å². The summed E-state index contributed by atoms with van der Waals surface area (Å²) in [5.41, 5.74) is 10.3. The van der Waals surface area contributed by atoms with Gasteiger partial charge in [-0.25, -0.2) is 0 Å². The molecule has 0 spiro atoms. The fourth-order valence-corrected chi connectivity index (χ4v) is 2.50. The molecule has 108 valence electrons. The first-order chi connectivity index (χ1) is 10.3. The molecule has 2 aromatic heterocycles. The molecule has 0 saturated heterocycles. The molecule has 0 fully saturated rings. The monoisotopic (exact) mass is 281 g/mol. The molecular weight excluding hydrogens is 262 g/mol. The molecule has 2 heterocycles. The number of hydrogen-bond acceptors (Lipinski definition) is 4. The molecule has 1 aromatic carbocycles. The predicted molar refractivity (Wildman–Crippen MR) is 86.3 cm³/mol. The Kier molecular flexibility index (Phi) is 3.73. The summed E-state index contributed by atoms with van der Waals surface area (Å²) in [7, 11) is 0. The molecule has 4 N–H and O–H groups in total. The Morgan fingerprint density at radius 2 is 2.10 bits per heavy atom. The topological polar surface area (TPSA) is 79.6 Å². The van der Waals surface area contributed by atoms with E-state index in [4.69, 9.17) is 5.73 Å². The zero-order chi connectivity index (χ0) is 14.7. The lowest BCUT2D eigenvalue weighted by atomic mass is 10.1. The Morgan fingerprint density at radius 1 is 1.19 bits per heavy atom. The highest BCUT2D eigenvalue weighted by Gasteiger charge is 2.04. The predicted octanol–water partition coefficient (Wildman–Crippen LogP) is 2.89. The smallest absolute Gasteiger partial charge is 0.0522 e. The third-order valence-electron chi connectivity index (χ3n) is 3.72. The minimum absolute atomic E-state index is 0.762. The van der Waals surface area contributed by atoms with Gasteiger partial charge >= 0.3 is 0 Å². The van der Waals surface area contributed by atoms with Crippen LogP contribution < -0.4 is 11.1 Å². The quantitative estimate of drug-likeness (QED) is 0.496. The van der Waals surface area contributed by atoms with E-state index in [1.807, 2.05) is 30.6 Å². The number of rotatable bonds is 5.